The second-order valence-electron chi connectivity index (χ2n) is 2.81. The van der Waals surface area contributed by atoms with E-state index in [-0.39, 0.29) is 6.10 Å². The minimum Gasteiger partial charge on any atom is -0.478 e. The molecule has 0 bridgehead atoms. The third-order valence-corrected chi connectivity index (χ3v) is 2.66. The van der Waals surface area contributed by atoms with Gasteiger partial charge in [0.15, 0.2) is 0 Å². The lowest BCUT2D eigenvalue weighted by molar-refractivity contribution is -0.134. The molecule has 0 radical (unpaired) electrons. The van der Waals surface area contributed by atoms with Crippen molar-refractivity contribution in [3.8, 4) is 0 Å². The first-order valence-electron chi connectivity index (χ1n) is 4.43. The van der Waals surface area contributed by atoms with Crippen molar-refractivity contribution in [1.82, 2.24) is 0 Å². The summed E-state index contributed by atoms with van der Waals surface area (Å²) in [5.41, 5.74) is 0. The molecule has 0 heterocycles. The third kappa shape index (κ3) is 6.67. The Morgan fingerprint density at radius 3 is 2.54 bits per heavy atom. The normalized spacial score (nSPS) is 13.8. The predicted octanol–water partition coefficient (Wildman–Crippen LogP) is 2.41. The van der Waals surface area contributed by atoms with Gasteiger partial charge >= 0.3 is 14.0 Å². The van der Waals surface area contributed by atoms with E-state index in [1.165, 1.54) is 0 Å². The predicted molar refractivity (Wildman–Crippen MR) is 50.2 cm³/mol. The monoisotopic (exact) mass is 207 g/mol. The summed E-state index contributed by atoms with van der Waals surface area (Å²) in [4.78, 5) is 10.2. The van der Waals surface area contributed by atoms with Crippen molar-refractivity contribution in [3.63, 3.8) is 0 Å². The third-order valence-electron chi connectivity index (χ3n) is 1.60. The zero-order valence-electron chi connectivity index (χ0n) is 8.02. The van der Waals surface area contributed by atoms with Crippen molar-refractivity contribution in [2.24, 2.45) is 0 Å². The molecule has 0 spiro atoms. The van der Waals surface area contributed by atoms with Crippen molar-refractivity contribution in [2.45, 2.75) is 39.2 Å². The number of aliphatic carboxylic acids is 1. The van der Waals surface area contributed by atoms with Gasteiger partial charge < -0.3 is 5.11 Å². The van der Waals surface area contributed by atoms with Gasteiger partial charge in [-0.25, -0.2) is 4.79 Å². The molecule has 0 saturated heterocycles. The van der Waals surface area contributed by atoms with E-state index in [2.05, 4.69) is 0 Å². The van der Waals surface area contributed by atoms with Crippen LogP contribution in [0.15, 0.2) is 0 Å². The molecule has 5 heteroatoms. The highest BCUT2D eigenvalue weighted by atomic mass is 31.1. The fraction of sp³-hybridized carbons (Fsp3) is 0.875. The van der Waals surface area contributed by atoms with Crippen LogP contribution < -0.4 is 0 Å². The largest absolute Gasteiger partial charge is 0.520 e. The van der Waals surface area contributed by atoms with Gasteiger partial charge in [0.05, 0.1) is 0 Å². The highest BCUT2D eigenvalue weighted by Gasteiger charge is 2.26. The van der Waals surface area contributed by atoms with Crippen molar-refractivity contribution < 1.29 is 19.0 Å². The van der Waals surface area contributed by atoms with E-state index in [0.717, 1.165) is 19.3 Å². The van der Waals surface area contributed by atoms with Crippen molar-refractivity contribution in [3.05, 3.63) is 0 Å². The van der Waals surface area contributed by atoms with E-state index in [1.54, 1.807) is 0 Å². The van der Waals surface area contributed by atoms with Gasteiger partial charge in [-0.1, -0.05) is 20.3 Å². The summed E-state index contributed by atoms with van der Waals surface area (Å²) in [6.07, 6.45) is 2.10. The molecule has 1 N–H and O–H groups in total. The molecule has 2 unspecified atom stereocenters. The van der Waals surface area contributed by atoms with E-state index in [4.69, 9.17) is 9.63 Å². The molecular formula is C8H16O4P+. The van der Waals surface area contributed by atoms with Gasteiger partial charge in [-0.05, 0) is 17.4 Å². The molecule has 0 fully saturated rings. The van der Waals surface area contributed by atoms with Crippen molar-refractivity contribution in [2.75, 3.05) is 6.16 Å². The molecule has 4 nitrogen and oxygen atoms in total. The SMILES string of the molecule is CCCC(CC)O[P+](=O)CC(=O)O. The number of carboxylic acid groups (broad SMARTS) is 1. The van der Waals surface area contributed by atoms with E-state index in [1.807, 2.05) is 13.8 Å². The molecule has 0 rings (SSSR count). The number of hydrogen-bond acceptors (Lipinski definition) is 3. The zero-order valence-corrected chi connectivity index (χ0v) is 8.92. The average Bonchev–Trinajstić information content (AvgIpc) is 2.02. The number of rotatable bonds is 7. The second-order valence-corrected chi connectivity index (χ2v) is 4.00. The Bertz CT molecular complexity index is 181. The van der Waals surface area contributed by atoms with Crippen molar-refractivity contribution in [1.29, 1.82) is 0 Å². The van der Waals surface area contributed by atoms with Crippen LogP contribution in [0.4, 0.5) is 0 Å². The maximum Gasteiger partial charge on any atom is 0.520 e. The Labute approximate surface area is 79.2 Å². The van der Waals surface area contributed by atoms with Gasteiger partial charge in [0, 0.05) is 0 Å². The van der Waals surface area contributed by atoms with Crippen LogP contribution in [0.2, 0.25) is 0 Å². The minimum atomic E-state index is -2.03. The van der Waals surface area contributed by atoms with Crippen LogP contribution in [-0.2, 0) is 13.9 Å². The molecule has 0 saturated carbocycles. The quantitative estimate of drug-likeness (QED) is 0.651. The molecule has 76 valence electrons. The topological polar surface area (TPSA) is 63.6 Å². The summed E-state index contributed by atoms with van der Waals surface area (Å²) in [6, 6.07) is 0. The van der Waals surface area contributed by atoms with Crippen LogP contribution in [0, 0.1) is 0 Å². The Hall–Kier alpha value is -0.470. The molecule has 0 aliphatic rings. The maximum absolute atomic E-state index is 11.0. The lowest BCUT2D eigenvalue weighted by Crippen LogP contribution is -2.09. The molecule has 2 atom stereocenters. The van der Waals surface area contributed by atoms with Gasteiger partial charge in [-0.3, -0.25) is 0 Å². The van der Waals surface area contributed by atoms with Gasteiger partial charge in [0.25, 0.3) is 6.16 Å². The van der Waals surface area contributed by atoms with Gasteiger partial charge in [-0.2, -0.15) is 0 Å². The Kier molecular flexibility index (Phi) is 6.73. The van der Waals surface area contributed by atoms with E-state index in [0.29, 0.717) is 0 Å². The Morgan fingerprint density at radius 1 is 1.54 bits per heavy atom. The second kappa shape index (κ2) is 6.98. The lowest BCUT2D eigenvalue weighted by atomic mass is 10.2. The lowest BCUT2D eigenvalue weighted by Gasteiger charge is -2.04. The molecular weight excluding hydrogens is 191 g/mol. The standard InChI is InChI=1S/C8H15O4P/c1-3-5-7(4-2)12-13(11)6-8(9)10/h7H,3-6H2,1-2H3/p+1. The number of carboxylic acids is 1. The van der Waals surface area contributed by atoms with Crippen LogP contribution in [0.25, 0.3) is 0 Å². The summed E-state index contributed by atoms with van der Waals surface area (Å²) in [6.45, 7) is 3.94. The summed E-state index contributed by atoms with van der Waals surface area (Å²) in [5, 5.41) is 8.34. The van der Waals surface area contributed by atoms with Crippen LogP contribution in [-0.4, -0.2) is 23.3 Å². The average molecular weight is 207 g/mol. The fourth-order valence-corrected chi connectivity index (χ4v) is 1.85. The highest BCUT2D eigenvalue weighted by molar-refractivity contribution is 7.40. The fourth-order valence-electron chi connectivity index (χ4n) is 0.967. The molecule has 0 aromatic heterocycles. The summed E-state index contributed by atoms with van der Waals surface area (Å²) < 4.78 is 16.1. The Morgan fingerprint density at radius 2 is 2.15 bits per heavy atom. The molecule has 0 aliphatic heterocycles. The van der Waals surface area contributed by atoms with E-state index >= 15 is 0 Å². The number of hydrogen-bond donors (Lipinski definition) is 1. The smallest absolute Gasteiger partial charge is 0.478 e. The molecule has 13 heavy (non-hydrogen) atoms. The first-order chi connectivity index (χ1) is 6.10. The van der Waals surface area contributed by atoms with E-state index in [9.17, 15) is 9.36 Å². The molecule has 0 aromatic rings. The van der Waals surface area contributed by atoms with Gasteiger partial charge in [-0.15, -0.1) is 4.52 Å². The van der Waals surface area contributed by atoms with Crippen LogP contribution >= 0.6 is 8.03 Å². The molecule has 0 amide bonds. The van der Waals surface area contributed by atoms with Crippen molar-refractivity contribution >= 4 is 14.0 Å². The highest BCUT2D eigenvalue weighted by Crippen LogP contribution is 2.26. The maximum atomic E-state index is 11.0. The zero-order chi connectivity index (χ0) is 10.3. The first kappa shape index (κ1) is 12.5. The van der Waals surface area contributed by atoms with Gasteiger partial charge in [0.1, 0.15) is 6.10 Å². The van der Waals surface area contributed by atoms with Crippen LogP contribution in [0.3, 0.4) is 0 Å². The molecule has 0 aromatic carbocycles. The molecule has 0 aliphatic carbocycles. The Balaban J connectivity index is 3.79. The first-order valence-corrected chi connectivity index (χ1v) is 5.79. The van der Waals surface area contributed by atoms with Crippen LogP contribution in [0.1, 0.15) is 33.1 Å². The minimum absolute atomic E-state index is 0.0621. The van der Waals surface area contributed by atoms with E-state index < -0.39 is 20.2 Å². The summed E-state index contributed by atoms with van der Waals surface area (Å²) >= 11 is 0. The summed E-state index contributed by atoms with van der Waals surface area (Å²) in [5.74, 6) is -1.08. The summed E-state index contributed by atoms with van der Waals surface area (Å²) in [7, 11) is -2.03. The number of carbonyl (C=O) groups is 1. The van der Waals surface area contributed by atoms with Gasteiger partial charge in [0.2, 0.25) is 0 Å². The van der Waals surface area contributed by atoms with Crippen LogP contribution in [0.5, 0.6) is 0 Å².